The maximum absolute atomic E-state index is 4.48. The summed E-state index contributed by atoms with van der Waals surface area (Å²) in [4.78, 5) is 4.48. The molecule has 15 heavy (non-hydrogen) atoms. The van der Waals surface area contributed by atoms with E-state index in [-0.39, 0.29) is 0 Å². The van der Waals surface area contributed by atoms with Crippen molar-refractivity contribution in [2.75, 3.05) is 0 Å². The van der Waals surface area contributed by atoms with Gasteiger partial charge in [-0.05, 0) is 38.8 Å². The van der Waals surface area contributed by atoms with Crippen molar-refractivity contribution in [3.63, 3.8) is 0 Å². The van der Waals surface area contributed by atoms with Gasteiger partial charge >= 0.3 is 0 Å². The van der Waals surface area contributed by atoms with Crippen molar-refractivity contribution in [3.8, 4) is 0 Å². The highest BCUT2D eigenvalue weighted by molar-refractivity contribution is 7.09. The van der Waals surface area contributed by atoms with Gasteiger partial charge < -0.3 is 4.57 Å². The van der Waals surface area contributed by atoms with E-state index in [9.17, 15) is 0 Å². The Hall–Kier alpha value is -1.09. The third-order valence-electron chi connectivity index (χ3n) is 2.91. The third-order valence-corrected chi connectivity index (χ3v) is 3.74. The maximum Gasteiger partial charge on any atom is 0.0898 e. The van der Waals surface area contributed by atoms with E-state index >= 15 is 0 Å². The molecule has 0 N–H and O–H groups in total. The quantitative estimate of drug-likeness (QED) is 0.760. The summed E-state index contributed by atoms with van der Waals surface area (Å²) in [7, 11) is 0. The number of nitrogens with zero attached hydrogens (tertiary/aromatic N) is 2. The van der Waals surface area contributed by atoms with E-state index in [1.54, 1.807) is 11.3 Å². The lowest BCUT2D eigenvalue weighted by molar-refractivity contribution is 0.754. The molecule has 0 atom stereocenters. The van der Waals surface area contributed by atoms with Gasteiger partial charge in [0, 0.05) is 17.3 Å². The number of hydrogen-bond donors (Lipinski definition) is 0. The number of aryl methyl sites for hydroxylation is 2. The zero-order valence-corrected chi connectivity index (χ0v) is 10.5. The molecule has 2 aromatic heterocycles. The Balaban J connectivity index is 2.28. The summed E-state index contributed by atoms with van der Waals surface area (Å²) in [6, 6.07) is 0. The van der Waals surface area contributed by atoms with Crippen LogP contribution >= 0.6 is 11.3 Å². The van der Waals surface area contributed by atoms with Crippen LogP contribution in [-0.4, -0.2) is 9.55 Å². The van der Waals surface area contributed by atoms with E-state index in [1.165, 1.54) is 16.8 Å². The molecule has 0 amide bonds. The molecule has 2 rings (SSSR count). The number of thiazole rings is 1. The van der Waals surface area contributed by atoms with E-state index in [2.05, 4.69) is 41.9 Å². The van der Waals surface area contributed by atoms with E-state index in [4.69, 9.17) is 0 Å². The molecule has 2 heterocycles. The molecular weight excluding hydrogens is 204 g/mol. The van der Waals surface area contributed by atoms with E-state index in [0.29, 0.717) is 0 Å². The van der Waals surface area contributed by atoms with Crippen LogP contribution in [0.4, 0.5) is 0 Å². The molecule has 0 saturated heterocycles. The highest BCUT2D eigenvalue weighted by Gasteiger charge is 2.06. The summed E-state index contributed by atoms with van der Waals surface area (Å²) in [6.45, 7) is 9.44. The Bertz CT molecular complexity index is 480. The molecule has 0 aliphatic heterocycles. The minimum absolute atomic E-state index is 0.894. The van der Waals surface area contributed by atoms with Gasteiger partial charge in [-0.3, -0.25) is 0 Å². The van der Waals surface area contributed by atoms with Crippen LogP contribution in [0, 0.1) is 27.7 Å². The average Bonchev–Trinajstić information content (AvgIpc) is 2.68. The topological polar surface area (TPSA) is 17.8 Å². The summed E-state index contributed by atoms with van der Waals surface area (Å²) >= 11 is 1.72. The Morgan fingerprint density at radius 1 is 1.27 bits per heavy atom. The summed E-state index contributed by atoms with van der Waals surface area (Å²) in [5.41, 5.74) is 5.26. The second kappa shape index (κ2) is 3.81. The Labute approximate surface area is 94.6 Å². The molecule has 0 aliphatic carbocycles. The fraction of sp³-hybridized carbons (Fsp3) is 0.417. The summed E-state index contributed by atoms with van der Waals surface area (Å²) in [6.07, 6.45) is 2.21. The van der Waals surface area contributed by atoms with Crippen LogP contribution in [-0.2, 0) is 6.54 Å². The Morgan fingerprint density at radius 2 is 2.00 bits per heavy atom. The molecule has 0 spiro atoms. The van der Waals surface area contributed by atoms with Crippen LogP contribution in [0.1, 0.15) is 27.5 Å². The lowest BCUT2D eigenvalue weighted by Crippen LogP contribution is -2.00. The highest BCUT2D eigenvalue weighted by atomic mass is 32.1. The summed E-state index contributed by atoms with van der Waals surface area (Å²) in [5.74, 6) is 0. The second-order valence-electron chi connectivity index (χ2n) is 4.01. The normalized spacial score (nSPS) is 10.9. The fourth-order valence-electron chi connectivity index (χ4n) is 1.75. The molecule has 0 unspecified atom stereocenters. The summed E-state index contributed by atoms with van der Waals surface area (Å²) in [5, 5.41) is 3.28. The fourth-order valence-corrected chi connectivity index (χ4v) is 2.35. The van der Waals surface area contributed by atoms with Gasteiger partial charge in [0.1, 0.15) is 0 Å². The molecule has 0 saturated carbocycles. The predicted molar refractivity (Wildman–Crippen MR) is 64.6 cm³/mol. The third kappa shape index (κ3) is 1.97. The van der Waals surface area contributed by atoms with Gasteiger partial charge in [-0.1, -0.05) is 0 Å². The van der Waals surface area contributed by atoms with Crippen LogP contribution in [0.3, 0.4) is 0 Å². The Kier molecular flexibility index (Phi) is 2.65. The van der Waals surface area contributed by atoms with Crippen molar-refractivity contribution in [3.05, 3.63) is 39.1 Å². The van der Waals surface area contributed by atoms with Crippen molar-refractivity contribution in [1.82, 2.24) is 9.55 Å². The molecule has 80 valence electrons. The van der Waals surface area contributed by atoms with Gasteiger partial charge in [-0.25, -0.2) is 4.98 Å². The van der Waals surface area contributed by atoms with Gasteiger partial charge in [-0.15, -0.1) is 11.3 Å². The predicted octanol–water partition coefficient (Wildman–Crippen LogP) is 3.23. The first-order valence-corrected chi connectivity index (χ1v) is 6.00. The number of aromatic nitrogens is 2. The zero-order valence-electron chi connectivity index (χ0n) is 9.66. The molecule has 2 aromatic rings. The lowest BCUT2D eigenvalue weighted by Gasteiger charge is -2.03. The number of rotatable bonds is 2. The molecular formula is C12H16N2S. The zero-order chi connectivity index (χ0) is 11.0. The van der Waals surface area contributed by atoms with Crippen LogP contribution in [0.25, 0.3) is 0 Å². The van der Waals surface area contributed by atoms with Crippen LogP contribution < -0.4 is 0 Å². The maximum atomic E-state index is 4.48. The van der Waals surface area contributed by atoms with E-state index < -0.39 is 0 Å². The molecule has 0 aromatic carbocycles. The molecule has 0 radical (unpaired) electrons. The van der Waals surface area contributed by atoms with Gasteiger partial charge in [0.15, 0.2) is 0 Å². The SMILES string of the molecule is Cc1nc(Cn2cc(C)c(C)c2C)cs1. The van der Waals surface area contributed by atoms with Crippen molar-refractivity contribution in [2.45, 2.75) is 34.2 Å². The first-order chi connectivity index (χ1) is 7.08. The van der Waals surface area contributed by atoms with Crippen LogP contribution in [0.15, 0.2) is 11.6 Å². The largest absolute Gasteiger partial charge is 0.345 e. The van der Waals surface area contributed by atoms with E-state index in [1.807, 2.05) is 6.92 Å². The van der Waals surface area contributed by atoms with Gasteiger partial charge in [0.05, 0.1) is 17.2 Å². The van der Waals surface area contributed by atoms with Crippen LogP contribution in [0.2, 0.25) is 0 Å². The summed E-state index contributed by atoms with van der Waals surface area (Å²) < 4.78 is 2.28. The molecule has 2 nitrogen and oxygen atoms in total. The average molecular weight is 220 g/mol. The minimum Gasteiger partial charge on any atom is -0.345 e. The molecule has 0 aliphatic rings. The van der Waals surface area contributed by atoms with Crippen molar-refractivity contribution in [1.29, 1.82) is 0 Å². The molecule has 3 heteroatoms. The van der Waals surface area contributed by atoms with Gasteiger partial charge in [-0.2, -0.15) is 0 Å². The van der Waals surface area contributed by atoms with Crippen molar-refractivity contribution in [2.24, 2.45) is 0 Å². The standard InChI is InChI=1S/C12H16N2S/c1-8-5-14(10(3)9(8)2)6-12-7-15-11(4)13-12/h5,7H,6H2,1-4H3. The molecule has 0 bridgehead atoms. The van der Waals surface area contributed by atoms with Crippen molar-refractivity contribution >= 4 is 11.3 Å². The van der Waals surface area contributed by atoms with Gasteiger partial charge in [0.25, 0.3) is 0 Å². The first-order valence-electron chi connectivity index (χ1n) is 5.12. The minimum atomic E-state index is 0.894. The van der Waals surface area contributed by atoms with Crippen LogP contribution in [0.5, 0.6) is 0 Å². The molecule has 0 fully saturated rings. The first kappa shape index (κ1) is 10.4. The van der Waals surface area contributed by atoms with Gasteiger partial charge in [0.2, 0.25) is 0 Å². The van der Waals surface area contributed by atoms with E-state index in [0.717, 1.165) is 17.2 Å². The smallest absolute Gasteiger partial charge is 0.0898 e. The monoisotopic (exact) mass is 220 g/mol. The second-order valence-corrected chi connectivity index (χ2v) is 5.07. The Morgan fingerprint density at radius 3 is 2.47 bits per heavy atom. The van der Waals surface area contributed by atoms with Crippen molar-refractivity contribution < 1.29 is 0 Å². The highest BCUT2D eigenvalue weighted by Crippen LogP contribution is 2.17. The number of hydrogen-bond acceptors (Lipinski definition) is 2. The lowest BCUT2D eigenvalue weighted by atomic mass is 10.2.